The molecule has 0 aromatic heterocycles. The second-order valence-corrected chi connectivity index (χ2v) is 6.24. The Morgan fingerprint density at radius 1 is 1.26 bits per heavy atom. The van der Waals surface area contributed by atoms with Gasteiger partial charge in [-0.3, -0.25) is 4.79 Å². The Hall–Kier alpha value is -1.69. The zero-order chi connectivity index (χ0) is 17.4. The average Bonchev–Trinajstić information content (AvgIpc) is 2.53. The molecule has 0 bridgehead atoms. The Bertz CT molecular complexity index is 549. The summed E-state index contributed by atoms with van der Waals surface area (Å²) in [7, 11) is 0. The third-order valence-corrected chi connectivity index (χ3v) is 4.06. The number of hydrogen-bond acceptors (Lipinski definition) is 3. The van der Waals surface area contributed by atoms with Crippen LogP contribution in [-0.2, 0) is 4.79 Å². The molecule has 0 fully saturated rings. The fourth-order valence-electron chi connectivity index (χ4n) is 2.16. The number of urea groups is 1. The fraction of sp³-hybridized carbons (Fsp3) is 0.529. The normalized spacial score (nSPS) is 13.1. The lowest BCUT2D eigenvalue weighted by Crippen LogP contribution is -2.51. The van der Waals surface area contributed by atoms with Gasteiger partial charge in [-0.25, -0.2) is 4.79 Å². The molecule has 0 spiro atoms. The smallest absolute Gasteiger partial charge is 0.319 e. The highest BCUT2D eigenvalue weighted by Crippen LogP contribution is 2.16. The second-order valence-electron chi connectivity index (χ2n) is 5.79. The minimum atomic E-state index is -0.565. The molecule has 2 atom stereocenters. The minimum absolute atomic E-state index is 0.0410. The third-order valence-electron chi connectivity index (χ3n) is 3.83. The van der Waals surface area contributed by atoms with Crippen molar-refractivity contribution in [1.29, 1.82) is 0 Å². The van der Waals surface area contributed by atoms with E-state index in [9.17, 15) is 9.59 Å². The van der Waals surface area contributed by atoms with Gasteiger partial charge >= 0.3 is 6.03 Å². The number of carbonyl (C=O) groups is 2. The maximum absolute atomic E-state index is 12.3. The van der Waals surface area contributed by atoms with Crippen LogP contribution in [0.2, 0.25) is 0 Å². The van der Waals surface area contributed by atoms with Crippen molar-refractivity contribution in [2.75, 3.05) is 17.6 Å². The third kappa shape index (κ3) is 6.14. The summed E-state index contributed by atoms with van der Waals surface area (Å²) < 4.78 is 0. The predicted octanol–water partition coefficient (Wildman–Crippen LogP) is 2.89. The standard InChI is InChI=1S/C17H27N3O2S/c1-5-12(3)15(16(21)18-8-9-23)20-17(22)19-14-10-11(2)6-7-13(14)4/h6-7,10,12,15,23H,5,8-9H2,1-4H3,(H,18,21)(H2,19,20,22). The number of carbonyl (C=O) groups excluding carboxylic acids is 2. The molecule has 5 nitrogen and oxygen atoms in total. The van der Waals surface area contributed by atoms with Crippen molar-refractivity contribution < 1.29 is 9.59 Å². The van der Waals surface area contributed by atoms with E-state index in [1.807, 2.05) is 45.9 Å². The number of rotatable bonds is 7. The first kappa shape index (κ1) is 19.4. The molecule has 0 saturated heterocycles. The first-order chi connectivity index (χ1) is 10.9. The molecule has 0 aliphatic rings. The van der Waals surface area contributed by atoms with Gasteiger partial charge in [-0.05, 0) is 37.0 Å². The van der Waals surface area contributed by atoms with Crippen LogP contribution in [0.5, 0.6) is 0 Å². The summed E-state index contributed by atoms with van der Waals surface area (Å²) in [5.74, 6) is 0.428. The molecule has 0 aliphatic heterocycles. The molecule has 128 valence electrons. The fourth-order valence-corrected chi connectivity index (χ4v) is 2.27. The maximum atomic E-state index is 12.3. The maximum Gasteiger partial charge on any atom is 0.319 e. The lowest BCUT2D eigenvalue weighted by Gasteiger charge is -2.24. The van der Waals surface area contributed by atoms with Gasteiger partial charge in [-0.1, -0.05) is 32.4 Å². The number of anilines is 1. The van der Waals surface area contributed by atoms with Crippen molar-refractivity contribution >= 4 is 30.3 Å². The summed E-state index contributed by atoms with van der Waals surface area (Å²) in [6, 6.07) is 4.92. The Morgan fingerprint density at radius 3 is 2.57 bits per heavy atom. The second kappa shape index (κ2) is 9.45. The van der Waals surface area contributed by atoms with Gasteiger partial charge in [0.2, 0.25) is 5.91 Å². The van der Waals surface area contributed by atoms with Gasteiger partial charge < -0.3 is 16.0 Å². The number of amides is 3. The number of benzene rings is 1. The van der Waals surface area contributed by atoms with Gasteiger partial charge in [-0.2, -0.15) is 12.6 Å². The molecule has 23 heavy (non-hydrogen) atoms. The highest BCUT2D eigenvalue weighted by atomic mass is 32.1. The Morgan fingerprint density at radius 2 is 1.96 bits per heavy atom. The van der Waals surface area contributed by atoms with Crippen molar-refractivity contribution in [3.8, 4) is 0 Å². The first-order valence-electron chi connectivity index (χ1n) is 7.92. The van der Waals surface area contributed by atoms with Gasteiger partial charge in [0.25, 0.3) is 0 Å². The van der Waals surface area contributed by atoms with Crippen molar-refractivity contribution in [3.05, 3.63) is 29.3 Å². The van der Waals surface area contributed by atoms with Crippen LogP contribution in [0.25, 0.3) is 0 Å². The van der Waals surface area contributed by atoms with Crippen LogP contribution >= 0.6 is 12.6 Å². The van der Waals surface area contributed by atoms with Crippen LogP contribution in [0.4, 0.5) is 10.5 Å². The van der Waals surface area contributed by atoms with E-state index >= 15 is 0 Å². The van der Waals surface area contributed by atoms with Crippen molar-refractivity contribution in [2.24, 2.45) is 5.92 Å². The molecule has 0 heterocycles. The van der Waals surface area contributed by atoms with Crippen LogP contribution in [0.1, 0.15) is 31.4 Å². The van der Waals surface area contributed by atoms with Crippen LogP contribution in [0.3, 0.4) is 0 Å². The molecule has 0 radical (unpaired) electrons. The van der Waals surface area contributed by atoms with E-state index < -0.39 is 6.04 Å². The SMILES string of the molecule is CCC(C)C(NC(=O)Nc1cc(C)ccc1C)C(=O)NCCS. The number of nitrogens with one attached hydrogen (secondary N) is 3. The molecular weight excluding hydrogens is 310 g/mol. The van der Waals surface area contributed by atoms with E-state index in [-0.39, 0.29) is 17.9 Å². The zero-order valence-electron chi connectivity index (χ0n) is 14.3. The molecule has 0 saturated carbocycles. The highest BCUT2D eigenvalue weighted by Gasteiger charge is 2.25. The van der Waals surface area contributed by atoms with Crippen LogP contribution in [-0.4, -0.2) is 30.3 Å². The van der Waals surface area contributed by atoms with E-state index in [0.717, 1.165) is 23.2 Å². The predicted molar refractivity (Wildman–Crippen MR) is 98.2 cm³/mol. The van der Waals surface area contributed by atoms with E-state index in [0.29, 0.717) is 12.3 Å². The molecule has 3 amide bonds. The number of aryl methyl sites for hydroxylation is 2. The van der Waals surface area contributed by atoms with Crippen molar-refractivity contribution in [3.63, 3.8) is 0 Å². The minimum Gasteiger partial charge on any atom is -0.353 e. The Kier molecular flexibility index (Phi) is 7.95. The summed E-state index contributed by atoms with van der Waals surface area (Å²) in [6.07, 6.45) is 0.794. The zero-order valence-corrected chi connectivity index (χ0v) is 15.2. The van der Waals surface area contributed by atoms with Crippen LogP contribution in [0, 0.1) is 19.8 Å². The van der Waals surface area contributed by atoms with Crippen LogP contribution in [0.15, 0.2) is 18.2 Å². The molecule has 1 aromatic rings. The summed E-state index contributed by atoms with van der Waals surface area (Å²) in [5, 5.41) is 8.39. The van der Waals surface area contributed by atoms with E-state index in [1.165, 1.54) is 0 Å². The van der Waals surface area contributed by atoms with E-state index in [1.54, 1.807) is 0 Å². The van der Waals surface area contributed by atoms with Crippen molar-refractivity contribution in [2.45, 2.75) is 40.2 Å². The van der Waals surface area contributed by atoms with Gasteiger partial charge in [0.1, 0.15) is 6.04 Å². The summed E-state index contributed by atoms with van der Waals surface area (Å²) in [4.78, 5) is 24.5. The quantitative estimate of drug-likeness (QED) is 0.578. The topological polar surface area (TPSA) is 70.2 Å². The Balaban J connectivity index is 2.76. The van der Waals surface area contributed by atoms with E-state index in [4.69, 9.17) is 0 Å². The molecule has 3 N–H and O–H groups in total. The molecule has 1 aromatic carbocycles. The molecular formula is C17H27N3O2S. The van der Waals surface area contributed by atoms with Crippen LogP contribution < -0.4 is 16.0 Å². The average molecular weight is 337 g/mol. The monoisotopic (exact) mass is 337 g/mol. The van der Waals surface area contributed by atoms with Gasteiger partial charge in [-0.15, -0.1) is 0 Å². The lowest BCUT2D eigenvalue weighted by atomic mass is 9.98. The Labute approximate surface area is 144 Å². The highest BCUT2D eigenvalue weighted by molar-refractivity contribution is 7.80. The molecule has 1 rings (SSSR count). The first-order valence-corrected chi connectivity index (χ1v) is 8.55. The van der Waals surface area contributed by atoms with Crippen molar-refractivity contribution in [1.82, 2.24) is 10.6 Å². The van der Waals surface area contributed by atoms with Gasteiger partial charge in [0.15, 0.2) is 0 Å². The lowest BCUT2D eigenvalue weighted by molar-refractivity contribution is -0.123. The molecule has 2 unspecified atom stereocenters. The number of thiol groups is 1. The summed E-state index contributed by atoms with van der Waals surface area (Å²) in [5.41, 5.74) is 2.79. The van der Waals surface area contributed by atoms with E-state index in [2.05, 4.69) is 28.6 Å². The summed E-state index contributed by atoms with van der Waals surface area (Å²) in [6.45, 7) is 8.32. The van der Waals surface area contributed by atoms with Gasteiger partial charge in [0, 0.05) is 18.0 Å². The molecule has 0 aliphatic carbocycles. The largest absolute Gasteiger partial charge is 0.353 e. The molecule has 6 heteroatoms. The van der Waals surface area contributed by atoms with Gasteiger partial charge in [0.05, 0.1) is 0 Å². The summed E-state index contributed by atoms with van der Waals surface area (Å²) >= 11 is 4.08. The number of hydrogen-bond donors (Lipinski definition) is 4.